The van der Waals surface area contributed by atoms with Gasteiger partial charge >= 0.3 is 0 Å². The third-order valence-corrected chi connectivity index (χ3v) is 4.73. The summed E-state index contributed by atoms with van der Waals surface area (Å²) in [5.41, 5.74) is 6.80. The topological polar surface area (TPSA) is 55.6 Å². The smallest absolute Gasteiger partial charge is 0.222 e. The van der Waals surface area contributed by atoms with Crippen LogP contribution in [0.15, 0.2) is 30.3 Å². The van der Waals surface area contributed by atoms with Crippen LogP contribution in [-0.2, 0) is 16.0 Å². The Hall–Kier alpha value is -1.10. The van der Waals surface area contributed by atoms with E-state index in [2.05, 4.69) is 24.3 Å². The summed E-state index contributed by atoms with van der Waals surface area (Å²) in [6.07, 6.45) is 8.20. The molecule has 1 fully saturated rings. The number of hydrogen-bond acceptors (Lipinski definition) is 3. The summed E-state index contributed by atoms with van der Waals surface area (Å²) in [6, 6.07) is 10.4. The molecule has 0 spiro atoms. The second-order valence-electron chi connectivity index (χ2n) is 6.64. The number of nitrogens with zero attached hydrogens (tertiary/aromatic N) is 1. The lowest BCUT2D eigenvalue weighted by Crippen LogP contribution is -2.40. The summed E-state index contributed by atoms with van der Waals surface area (Å²) in [5, 5.41) is 0. The van der Waals surface area contributed by atoms with Gasteiger partial charge in [-0.15, -0.1) is 12.4 Å². The van der Waals surface area contributed by atoms with E-state index in [9.17, 15) is 4.79 Å². The summed E-state index contributed by atoms with van der Waals surface area (Å²) in [4.78, 5) is 14.2. The highest BCUT2D eigenvalue weighted by molar-refractivity contribution is 5.85. The molecular weight excluding hydrogens is 336 g/mol. The Kier molecular flexibility index (Phi) is 11.5. The predicted octanol–water partition coefficient (Wildman–Crippen LogP) is 3.57. The van der Waals surface area contributed by atoms with Gasteiger partial charge in [-0.1, -0.05) is 43.2 Å². The van der Waals surface area contributed by atoms with Crippen LogP contribution in [0, 0.1) is 0 Å². The molecule has 1 aliphatic rings. The molecule has 0 aromatic heterocycles. The van der Waals surface area contributed by atoms with Crippen LogP contribution in [0.1, 0.15) is 50.5 Å². The molecule has 1 aliphatic heterocycles. The molecule has 1 saturated heterocycles. The molecule has 1 aromatic carbocycles. The summed E-state index contributed by atoms with van der Waals surface area (Å²) < 4.78 is 5.99. The predicted molar refractivity (Wildman–Crippen MR) is 105 cm³/mol. The molecule has 25 heavy (non-hydrogen) atoms. The Morgan fingerprint density at radius 3 is 2.44 bits per heavy atom. The van der Waals surface area contributed by atoms with Gasteiger partial charge in [0, 0.05) is 19.5 Å². The molecular formula is C20H33ClN2O2. The van der Waals surface area contributed by atoms with Crippen molar-refractivity contribution in [3.05, 3.63) is 35.9 Å². The van der Waals surface area contributed by atoms with Gasteiger partial charge in [0.2, 0.25) is 5.91 Å². The number of amides is 1. The van der Waals surface area contributed by atoms with Gasteiger partial charge in [-0.2, -0.15) is 0 Å². The molecule has 0 atom stereocenters. The summed E-state index contributed by atoms with van der Waals surface area (Å²) >= 11 is 0. The molecule has 0 unspecified atom stereocenters. The maximum atomic E-state index is 12.2. The van der Waals surface area contributed by atoms with Crippen molar-refractivity contribution in [3.63, 3.8) is 0 Å². The SMILES string of the molecule is Cl.NCCCCCCC(=O)N1CCC(OCCc2ccccc2)CC1. The maximum absolute atomic E-state index is 12.2. The molecule has 2 rings (SSSR count). The van der Waals surface area contributed by atoms with Crippen LogP contribution in [0.5, 0.6) is 0 Å². The third kappa shape index (κ3) is 8.70. The molecule has 1 amide bonds. The molecule has 2 N–H and O–H groups in total. The Morgan fingerprint density at radius 1 is 1.08 bits per heavy atom. The largest absolute Gasteiger partial charge is 0.378 e. The third-order valence-electron chi connectivity index (χ3n) is 4.73. The second-order valence-corrected chi connectivity index (χ2v) is 6.64. The lowest BCUT2D eigenvalue weighted by Gasteiger charge is -2.32. The van der Waals surface area contributed by atoms with Gasteiger partial charge in [-0.25, -0.2) is 0 Å². The molecule has 0 aliphatic carbocycles. The van der Waals surface area contributed by atoms with Crippen molar-refractivity contribution in [2.45, 2.75) is 57.5 Å². The summed E-state index contributed by atoms with van der Waals surface area (Å²) in [7, 11) is 0. The zero-order chi connectivity index (χ0) is 17.0. The van der Waals surface area contributed by atoms with Gasteiger partial charge in [0.1, 0.15) is 0 Å². The molecule has 0 bridgehead atoms. The lowest BCUT2D eigenvalue weighted by molar-refractivity contribution is -0.133. The van der Waals surface area contributed by atoms with E-state index in [1.54, 1.807) is 0 Å². The van der Waals surface area contributed by atoms with Crippen LogP contribution in [0.4, 0.5) is 0 Å². The Bertz CT molecular complexity index is 462. The Morgan fingerprint density at radius 2 is 1.76 bits per heavy atom. The van der Waals surface area contributed by atoms with Crippen molar-refractivity contribution in [3.8, 4) is 0 Å². The minimum atomic E-state index is 0. The number of halogens is 1. The van der Waals surface area contributed by atoms with E-state index in [0.717, 1.165) is 71.2 Å². The lowest BCUT2D eigenvalue weighted by atomic mass is 10.1. The summed E-state index contributed by atoms with van der Waals surface area (Å²) in [5.74, 6) is 0.311. The molecule has 0 saturated carbocycles. The van der Waals surface area contributed by atoms with Gasteiger partial charge < -0.3 is 15.4 Å². The number of carbonyl (C=O) groups is 1. The molecule has 1 heterocycles. The fourth-order valence-electron chi connectivity index (χ4n) is 3.19. The normalized spacial score (nSPS) is 15.0. The van der Waals surface area contributed by atoms with Gasteiger partial charge in [0.15, 0.2) is 0 Å². The number of hydrogen-bond donors (Lipinski definition) is 1. The zero-order valence-electron chi connectivity index (χ0n) is 15.2. The molecule has 5 heteroatoms. The minimum absolute atomic E-state index is 0. The van der Waals surface area contributed by atoms with E-state index in [0.29, 0.717) is 18.4 Å². The van der Waals surface area contributed by atoms with Gasteiger partial charge in [-0.05, 0) is 44.2 Å². The number of likely N-dealkylation sites (tertiary alicyclic amines) is 1. The second kappa shape index (κ2) is 13.2. The zero-order valence-corrected chi connectivity index (χ0v) is 16.0. The quantitative estimate of drug-likeness (QED) is 0.642. The van der Waals surface area contributed by atoms with E-state index in [4.69, 9.17) is 10.5 Å². The van der Waals surface area contributed by atoms with E-state index >= 15 is 0 Å². The van der Waals surface area contributed by atoms with Gasteiger partial charge in [0.25, 0.3) is 0 Å². The summed E-state index contributed by atoms with van der Waals surface area (Å²) in [6.45, 7) is 3.21. The molecule has 0 radical (unpaired) electrons. The number of nitrogens with two attached hydrogens (primary N) is 1. The fourth-order valence-corrected chi connectivity index (χ4v) is 3.19. The average molecular weight is 369 g/mol. The highest BCUT2D eigenvalue weighted by atomic mass is 35.5. The van der Waals surface area contributed by atoms with Crippen LogP contribution in [0.2, 0.25) is 0 Å². The van der Waals surface area contributed by atoms with Crippen molar-refractivity contribution < 1.29 is 9.53 Å². The fraction of sp³-hybridized carbons (Fsp3) is 0.650. The van der Waals surface area contributed by atoms with Crippen molar-refractivity contribution in [1.82, 2.24) is 4.90 Å². The molecule has 4 nitrogen and oxygen atoms in total. The first-order valence-corrected chi connectivity index (χ1v) is 9.43. The van der Waals surface area contributed by atoms with E-state index in [-0.39, 0.29) is 12.4 Å². The first-order valence-electron chi connectivity index (χ1n) is 9.43. The van der Waals surface area contributed by atoms with Crippen molar-refractivity contribution in [2.24, 2.45) is 5.73 Å². The minimum Gasteiger partial charge on any atom is -0.378 e. The van der Waals surface area contributed by atoms with Gasteiger partial charge in [-0.3, -0.25) is 4.79 Å². The molecule has 142 valence electrons. The van der Waals surface area contributed by atoms with E-state index < -0.39 is 0 Å². The first kappa shape index (κ1) is 21.9. The van der Waals surface area contributed by atoms with Crippen LogP contribution in [0.25, 0.3) is 0 Å². The highest BCUT2D eigenvalue weighted by Gasteiger charge is 2.22. The number of carbonyl (C=O) groups excluding carboxylic acids is 1. The Labute approximate surface area is 158 Å². The Balaban J connectivity index is 0.00000312. The average Bonchev–Trinajstić information content (AvgIpc) is 2.63. The number of unbranched alkanes of at least 4 members (excludes halogenated alkanes) is 3. The van der Waals surface area contributed by atoms with Crippen LogP contribution < -0.4 is 5.73 Å². The van der Waals surface area contributed by atoms with Crippen molar-refractivity contribution in [2.75, 3.05) is 26.2 Å². The van der Waals surface area contributed by atoms with Crippen LogP contribution >= 0.6 is 12.4 Å². The highest BCUT2D eigenvalue weighted by Crippen LogP contribution is 2.16. The number of benzene rings is 1. The van der Waals surface area contributed by atoms with E-state index in [1.807, 2.05) is 11.0 Å². The standard InChI is InChI=1S/C20H32N2O2.ClH/c21-14-7-2-1-6-10-20(23)22-15-11-19(12-16-22)24-17-13-18-8-4-3-5-9-18;/h3-5,8-9,19H,1-2,6-7,10-17,21H2;1H. The molecule has 1 aromatic rings. The van der Waals surface area contributed by atoms with Gasteiger partial charge in [0.05, 0.1) is 12.7 Å². The monoisotopic (exact) mass is 368 g/mol. The van der Waals surface area contributed by atoms with Crippen LogP contribution in [-0.4, -0.2) is 43.2 Å². The van der Waals surface area contributed by atoms with E-state index in [1.165, 1.54) is 5.56 Å². The van der Waals surface area contributed by atoms with Crippen LogP contribution in [0.3, 0.4) is 0 Å². The van der Waals surface area contributed by atoms with Crippen molar-refractivity contribution >= 4 is 18.3 Å². The first-order chi connectivity index (χ1) is 11.8. The van der Waals surface area contributed by atoms with Crippen molar-refractivity contribution in [1.29, 1.82) is 0 Å². The number of rotatable bonds is 10. The maximum Gasteiger partial charge on any atom is 0.222 e. The number of ether oxygens (including phenoxy) is 1. The number of piperidine rings is 1.